The first-order chi connectivity index (χ1) is 14.0. The van der Waals surface area contributed by atoms with E-state index in [1.54, 1.807) is 21.8 Å². The van der Waals surface area contributed by atoms with Gasteiger partial charge in [0.15, 0.2) is 5.13 Å². The maximum absolute atomic E-state index is 13.6. The second-order valence-electron chi connectivity index (χ2n) is 7.02. The van der Waals surface area contributed by atoms with Crippen molar-refractivity contribution in [1.29, 1.82) is 0 Å². The molecule has 7 heteroatoms. The molecule has 148 valence electrons. The lowest BCUT2D eigenvalue weighted by atomic mass is 10.0. The van der Waals surface area contributed by atoms with Crippen LogP contribution in [0.3, 0.4) is 0 Å². The number of aromatic nitrogens is 3. The lowest BCUT2D eigenvalue weighted by Crippen LogP contribution is -2.35. The number of thiazole rings is 1. The van der Waals surface area contributed by atoms with Crippen molar-refractivity contribution in [2.24, 2.45) is 0 Å². The van der Waals surface area contributed by atoms with Crippen molar-refractivity contribution in [1.82, 2.24) is 14.8 Å². The Morgan fingerprint density at radius 3 is 2.79 bits per heavy atom. The van der Waals surface area contributed by atoms with E-state index in [-0.39, 0.29) is 18.1 Å². The number of benzene rings is 2. The molecule has 29 heavy (non-hydrogen) atoms. The van der Waals surface area contributed by atoms with E-state index < -0.39 is 0 Å². The first kappa shape index (κ1) is 19.3. The Morgan fingerprint density at radius 1 is 1.17 bits per heavy atom. The standard InChI is InChI=1S/C22H21FN4OS/c1-15-4-5-17(12-16(15)2)13-21(28)27(11-10-26-9-3-8-24-26)22-25-19-7-6-18(23)14-20(19)29-22/h3-9,12,14H,10-11,13H2,1-2H3. The minimum Gasteiger partial charge on any atom is -0.286 e. The number of halogens is 1. The first-order valence-electron chi connectivity index (χ1n) is 9.39. The summed E-state index contributed by atoms with van der Waals surface area (Å²) >= 11 is 1.33. The van der Waals surface area contributed by atoms with Crippen molar-refractivity contribution in [3.63, 3.8) is 0 Å². The highest BCUT2D eigenvalue weighted by Gasteiger charge is 2.20. The fourth-order valence-electron chi connectivity index (χ4n) is 3.15. The third-order valence-corrected chi connectivity index (χ3v) is 5.95. The summed E-state index contributed by atoms with van der Waals surface area (Å²) in [6, 6.07) is 12.4. The molecule has 5 nitrogen and oxygen atoms in total. The molecule has 4 aromatic rings. The molecule has 2 aromatic heterocycles. The SMILES string of the molecule is Cc1ccc(CC(=O)N(CCn2cccn2)c2nc3ccc(F)cc3s2)cc1C. The zero-order chi connectivity index (χ0) is 20.4. The fourth-order valence-corrected chi connectivity index (χ4v) is 4.18. The van der Waals surface area contributed by atoms with Crippen LogP contribution >= 0.6 is 11.3 Å². The summed E-state index contributed by atoms with van der Waals surface area (Å²) in [4.78, 5) is 19.5. The quantitative estimate of drug-likeness (QED) is 0.471. The van der Waals surface area contributed by atoms with Gasteiger partial charge in [0.1, 0.15) is 5.82 Å². The average molecular weight is 409 g/mol. The van der Waals surface area contributed by atoms with Crippen LogP contribution in [0.1, 0.15) is 16.7 Å². The van der Waals surface area contributed by atoms with Crippen LogP contribution in [0.4, 0.5) is 9.52 Å². The summed E-state index contributed by atoms with van der Waals surface area (Å²) in [5, 5.41) is 4.79. The molecule has 0 N–H and O–H groups in total. The van der Waals surface area contributed by atoms with Crippen molar-refractivity contribution in [2.45, 2.75) is 26.8 Å². The average Bonchev–Trinajstić information content (AvgIpc) is 3.34. The van der Waals surface area contributed by atoms with E-state index in [0.717, 1.165) is 15.8 Å². The Bertz CT molecular complexity index is 1150. The number of nitrogens with zero attached hydrogens (tertiary/aromatic N) is 4. The molecule has 1 amide bonds. The predicted octanol–water partition coefficient (Wildman–Crippen LogP) is 4.52. The van der Waals surface area contributed by atoms with Gasteiger partial charge in [0.25, 0.3) is 0 Å². The third-order valence-electron chi connectivity index (χ3n) is 4.91. The molecule has 4 rings (SSSR count). The number of fused-ring (bicyclic) bond motifs is 1. The van der Waals surface area contributed by atoms with E-state index in [4.69, 9.17) is 0 Å². The summed E-state index contributed by atoms with van der Waals surface area (Å²) in [5.41, 5.74) is 4.02. The highest BCUT2D eigenvalue weighted by Crippen LogP contribution is 2.30. The van der Waals surface area contributed by atoms with Gasteiger partial charge in [0.05, 0.1) is 23.2 Å². The molecule has 0 unspecified atom stereocenters. The van der Waals surface area contributed by atoms with Crippen LogP contribution in [0.15, 0.2) is 54.9 Å². The van der Waals surface area contributed by atoms with Crippen LogP contribution in [0.2, 0.25) is 0 Å². The highest BCUT2D eigenvalue weighted by atomic mass is 32.1. The smallest absolute Gasteiger partial charge is 0.233 e. The number of anilines is 1. The van der Waals surface area contributed by atoms with Gasteiger partial charge in [-0.25, -0.2) is 9.37 Å². The van der Waals surface area contributed by atoms with Crippen molar-refractivity contribution in [3.05, 3.63) is 77.4 Å². The zero-order valence-electron chi connectivity index (χ0n) is 16.3. The molecule has 0 bridgehead atoms. The zero-order valence-corrected chi connectivity index (χ0v) is 17.1. The molecule has 0 radical (unpaired) electrons. The van der Waals surface area contributed by atoms with Gasteiger partial charge in [-0.05, 0) is 54.8 Å². The van der Waals surface area contributed by atoms with Crippen LogP contribution in [0.5, 0.6) is 0 Å². The van der Waals surface area contributed by atoms with Crippen LogP contribution in [-0.2, 0) is 17.8 Å². The van der Waals surface area contributed by atoms with Gasteiger partial charge in [-0.1, -0.05) is 29.5 Å². The van der Waals surface area contributed by atoms with Gasteiger partial charge in [-0.15, -0.1) is 0 Å². The van der Waals surface area contributed by atoms with E-state index in [1.165, 1.54) is 29.0 Å². The molecular weight excluding hydrogens is 387 g/mol. The number of hydrogen-bond acceptors (Lipinski definition) is 4. The molecule has 0 aliphatic heterocycles. The summed E-state index contributed by atoms with van der Waals surface area (Å²) in [7, 11) is 0. The molecule has 0 saturated heterocycles. The van der Waals surface area contributed by atoms with Gasteiger partial charge in [0.2, 0.25) is 5.91 Å². The minimum absolute atomic E-state index is 0.0417. The van der Waals surface area contributed by atoms with Crippen LogP contribution in [0, 0.1) is 19.7 Å². The highest BCUT2D eigenvalue weighted by molar-refractivity contribution is 7.22. The van der Waals surface area contributed by atoms with E-state index in [2.05, 4.69) is 17.0 Å². The van der Waals surface area contributed by atoms with Crippen LogP contribution < -0.4 is 4.90 Å². The number of amides is 1. The number of rotatable bonds is 6. The molecule has 0 saturated carbocycles. The van der Waals surface area contributed by atoms with Crippen LogP contribution in [0.25, 0.3) is 10.2 Å². The van der Waals surface area contributed by atoms with Gasteiger partial charge in [0, 0.05) is 18.9 Å². The summed E-state index contributed by atoms with van der Waals surface area (Å²) < 4.78 is 16.1. The Labute approximate surface area is 172 Å². The van der Waals surface area contributed by atoms with Gasteiger partial charge < -0.3 is 0 Å². The number of hydrogen-bond donors (Lipinski definition) is 0. The Balaban J connectivity index is 1.62. The van der Waals surface area contributed by atoms with Gasteiger partial charge in [-0.3, -0.25) is 14.4 Å². The molecule has 2 aromatic carbocycles. The Hall–Kier alpha value is -3.06. The van der Waals surface area contributed by atoms with E-state index in [0.29, 0.717) is 23.7 Å². The number of carbonyl (C=O) groups is 1. The fraction of sp³-hybridized carbons (Fsp3) is 0.227. The molecule has 0 atom stereocenters. The predicted molar refractivity (Wildman–Crippen MR) is 114 cm³/mol. The maximum atomic E-state index is 13.6. The topological polar surface area (TPSA) is 51.0 Å². The molecular formula is C22H21FN4OS. The van der Waals surface area contributed by atoms with Crippen LogP contribution in [-0.4, -0.2) is 27.2 Å². The van der Waals surface area contributed by atoms with E-state index >= 15 is 0 Å². The van der Waals surface area contributed by atoms with Gasteiger partial charge >= 0.3 is 0 Å². The van der Waals surface area contributed by atoms with E-state index in [1.807, 2.05) is 37.4 Å². The largest absolute Gasteiger partial charge is 0.286 e. The van der Waals surface area contributed by atoms with Crippen molar-refractivity contribution in [3.8, 4) is 0 Å². The molecule has 2 heterocycles. The second kappa shape index (κ2) is 8.13. The molecule has 0 spiro atoms. The van der Waals surface area contributed by atoms with Crippen molar-refractivity contribution >= 4 is 32.6 Å². The lowest BCUT2D eigenvalue weighted by Gasteiger charge is -2.20. The first-order valence-corrected chi connectivity index (χ1v) is 10.2. The summed E-state index contributed by atoms with van der Waals surface area (Å²) in [6.45, 7) is 5.09. The molecule has 0 aliphatic rings. The lowest BCUT2D eigenvalue weighted by molar-refractivity contribution is -0.118. The second-order valence-corrected chi connectivity index (χ2v) is 8.03. The molecule has 0 fully saturated rings. The summed E-state index contributed by atoms with van der Waals surface area (Å²) in [6.07, 6.45) is 3.85. The third kappa shape index (κ3) is 4.35. The minimum atomic E-state index is -0.308. The van der Waals surface area contributed by atoms with Crippen molar-refractivity contribution < 1.29 is 9.18 Å². The maximum Gasteiger partial charge on any atom is 0.233 e. The number of aryl methyl sites for hydroxylation is 2. The normalized spacial score (nSPS) is 11.1. The monoisotopic (exact) mass is 408 g/mol. The van der Waals surface area contributed by atoms with Crippen molar-refractivity contribution in [2.75, 3.05) is 11.4 Å². The van der Waals surface area contributed by atoms with E-state index in [9.17, 15) is 9.18 Å². The Morgan fingerprint density at radius 2 is 2.03 bits per heavy atom. The van der Waals surface area contributed by atoms with Gasteiger partial charge in [-0.2, -0.15) is 5.10 Å². The number of carbonyl (C=O) groups excluding carboxylic acids is 1. The summed E-state index contributed by atoms with van der Waals surface area (Å²) in [5.74, 6) is -0.350. The Kier molecular flexibility index (Phi) is 5.40. The molecule has 0 aliphatic carbocycles.